The molecule has 0 N–H and O–H groups in total. The average Bonchev–Trinajstić information content (AvgIpc) is 2.36. The van der Waals surface area contributed by atoms with E-state index in [1.165, 1.54) is 0 Å². The van der Waals surface area contributed by atoms with Crippen LogP contribution in [0.4, 0.5) is 4.79 Å². The summed E-state index contributed by atoms with van der Waals surface area (Å²) in [6.07, 6.45) is 4.20. The van der Waals surface area contributed by atoms with Crippen LogP contribution in [-0.2, 0) is 4.74 Å². The molecule has 0 spiro atoms. The van der Waals surface area contributed by atoms with E-state index in [1.807, 2.05) is 33.0 Å². The summed E-state index contributed by atoms with van der Waals surface area (Å²) in [4.78, 5) is 18.1. The molecule has 0 aromatic carbocycles. The summed E-state index contributed by atoms with van der Waals surface area (Å²) >= 11 is 6.02. The second kappa shape index (κ2) is 6.22. The second-order valence-electron chi connectivity index (χ2n) is 6.74. The Morgan fingerprint density at radius 1 is 1.43 bits per heavy atom. The van der Waals surface area contributed by atoms with Gasteiger partial charge in [-0.1, -0.05) is 18.5 Å². The highest BCUT2D eigenvalue weighted by atomic mass is 35.5. The van der Waals surface area contributed by atoms with Gasteiger partial charge >= 0.3 is 6.09 Å². The number of pyridine rings is 1. The van der Waals surface area contributed by atoms with Gasteiger partial charge in [0.15, 0.2) is 0 Å². The van der Waals surface area contributed by atoms with E-state index in [-0.39, 0.29) is 6.09 Å². The van der Waals surface area contributed by atoms with Gasteiger partial charge in [-0.25, -0.2) is 4.79 Å². The Morgan fingerprint density at radius 3 is 2.71 bits per heavy atom. The van der Waals surface area contributed by atoms with Crippen molar-refractivity contribution >= 4 is 17.7 Å². The number of rotatable bonds is 1. The van der Waals surface area contributed by atoms with Crippen LogP contribution in [0.5, 0.6) is 0 Å². The van der Waals surface area contributed by atoms with Crippen molar-refractivity contribution in [1.29, 1.82) is 0 Å². The van der Waals surface area contributed by atoms with Crippen LogP contribution in [0.1, 0.15) is 45.6 Å². The molecule has 0 radical (unpaired) electrons. The van der Waals surface area contributed by atoms with Gasteiger partial charge in [0.2, 0.25) is 0 Å². The highest BCUT2D eigenvalue weighted by Crippen LogP contribution is 2.33. The van der Waals surface area contributed by atoms with E-state index in [1.54, 1.807) is 11.1 Å². The fourth-order valence-electron chi connectivity index (χ4n) is 2.76. The Morgan fingerprint density at radius 2 is 2.14 bits per heavy atom. The number of amides is 1. The lowest BCUT2D eigenvalue weighted by molar-refractivity contribution is 0.0155. The highest BCUT2D eigenvalue weighted by Gasteiger charge is 2.32. The molecule has 2 atom stereocenters. The number of carbonyl (C=O) groups is 1. The summed E-state index contributed by atoms with van der Waals surface area (Å²) in [5.74, 6) is 0.737. The normalized spacial score (nSPS) is 23.0. The number of likely N-dealkylation sites (tertiary alicyclic amines) is 1. The first-order chi connectivity index (χ1) is 9.76. The number of carbonyl (C=O) groups excluding carboxylic acids is 1. The van der Waals surface area contributed by atoms with Crippen molar-refractivity contribution in [2.45, 2.75) is 45.6 Å². The Balaban J connectivity index is 2.01. The molecule has 21 heavy (non-hydrogen) atoms. The van der Waals surface area contributed by atoms with Crippen molar-refractivity contribution < 1.29 is 9.53 Å². The fourth-order valence-corrected chi connectivity index (χ4v) is 2.95. The van der Waals surface area contributed by atoms with Crippen LogP contribution in [0.15, 0.2) is 18.5 Å². The molecule has 0 saturated carbocycles. The molecule has 2 rings (SSSR count). The second-order valence-corrected chi connectivity index (χ2v) is 7.17. The third-order valence-electron chi connectivity index (χ3n) is 3.71. The zero-order valence-electron chi connectivity index (χ0n) is 13.1. The van der Waals surface area contributed by atoms with Crippen LogP contribution in [-0.4, -0.2) is 34.7 Å². The quantitative estimate of drug-likeness (QED) is 0.784. The van der Waals surface area contributed by atoms with Crippen LogP contribution in [0.3, 0.4) is 0 Å². The predicted octanol–water partition coefficient (Wildman–Crippen LogP) is 4.10. The van der Waals surface area contributed by atoms with Gasteiger partial charge in [0.1, 0.15) is 5.60 Å². The topological polar surface area (TPSA) is 42.4 Å². The lowest BCUT2D eigenvalue weighted by Crippen LogP contribution is -2.44. The molecule has 5 heteroatoms. The molecule has 1 aliphatic heterocycles. The molecular formula is C16H23ClN2O2. The third kappa shape index (κ3) is 4.34. The van der Waals surface area contributed by atoms with Crippen LogP contribution >= 0.6 is 11.6 Å². The maximum Gasteiger partial charge on any atom is 0.410 e. The van der Waals surface area contributed by atoms with E-state index in [4.69, 9.17) is 16.3 Å². The number of hydrogen-bond donors (Lipinski definition) is 0. The number of nitrogens with zero attached hydrogens (tertiary/aromatic N) is 2. The van der Waals surface area contributed by atoms with Gasteiger partial charge in [-0.2, -0.15) is 0 Å². The first-order valence-corrected chi connectivity index (χ1v) is 7.72. The number of ether oxygens (including phenoxy) is 1. The Bertz CT molecular complexity index is 513. The number of hydrogen-bond acceptors (Lipinski definition) is 3. The van der Waals surface area contributed by atoms with E-state index < -0.39 is 5.60 Å². The molecule has 1 aromatic rings. The van der Waals surface area contributed by atoms with Crippen LogP contribution in [0, 0.1) is 5.92 Å². The number of piperidine rings is 1. The highest BCUT2D eigenvalue weighted by molar-refractivity contribution is 6.30. The smallest absolute Gasteiger partial charge is 0.410 e. The standard InChI is InChI=1S/C16H23ClN2O2/c1-11-10-19(15(20)21-16(2,3)4)6-5-14(11)12-7-13(17)9-18-8-12/h7-9,11,14H,5-6,10H2,1-4H3. The van der Waals surface area contributed by atoms with Crippen molar-refractivity contribution in [3.8, 4) is 0 Å². The largest absolute Gasteiger partial charge is 0.444 e. The molecule has 1 fully saturated rings. The molecule has 2 unspecified atom stereocenters. The van der Waals surface area contributed by atoms with Crippen molar-refractivity contribution in [2.24, 2.45) is 5.92 Å². The van der Waals surface area contributed by atoms with Gasteiger partial charge in [0, 0.05) is 25.5 Å². The third-order valence-corrected chi connectivity index (χ3v) is 3.92. The SMILES string of the molecule is CC1CN(C(=O)OC(C)(C)C)CCC1c1cncc(Cl)c1. The van der Waals surface area contributed by atoms with Gasteiger partial charge in [0.05, 0.1) is 5.02 Å². The summed E-state index contributed by atoms with van der Waals surface area (Å²) in [7, 11) is 0. The summed E-state index contributed by atoms with van der Waals surface area (Å²) in [5, 5.41) is 0.661. The number of halogens is 1. The summed E-state index contributed by atoms with van der Waals surface area (Å²) in [6.45, 7) is 9.22. The minimum atomic E-state index is -0.450. The van der Waals surface area contributed by atoms with Crippen molar-refractivity contribution in [3.63, 3.8) is 0 Å². The first-order valence-electron chi connectivity index (χ1n) is 7.34. The molecule has 0 bridgehead atoms. The minimum Gasteiger partial charge on any atom is -0.444 e. The molecule has 1 aliphatic rings. The van der Waals surface area contributed by atoms with Crippen LogP contribution in [0.25, 0.3) is 0 Å². The van der Waals surface area contributed by atoms with Crippen LogP contribution in [0.2, 0.25) is 5.02 Å². The molecule has 1 aromatic heterocycles. The van der Waals surface area contributed by atoms with Gasteiger partial charge in [-0.3, -0.25) is 4.98 Å². The van der Waals surface area contributed by atoms with Gasteiger partial charge < -0.3 is 9.64 Å². The van der Waals surface area contributed by atoms with E-state index in [9.17, 15) is 4.79 Å². The molecule has 1 saturated heterocycles. The molecule has 2 heterocycles. The Kier molecular flexibility index (Phi) is 4.77. The Labute approximate surface area is 131 Å². The van der Waals surface area contributed by atoms with Gasteiger partial charge in [-0.15, -0.1) is 0 Å². The zero-order chi connectivity index (χ0) is 15.6. The van der Waals surface area contributed by atoms with E-state index >= 15 is 0 Å². The monoisotopic (exact) mass is 310 g/mol. The number of aromatic nitrogens is 1. The Hall–Kier alpha value is -1.29. The zero-order valence-corrected chi connectivity index (χ0v) is 13.9. The molecule has 1 amide bonds. The van der Waals surface area contributed by atoms with E-state index in [0.29, 0.717) is 29.9 Å². The molecular weight excluding hydrogens is 288 g/mol. The van der Waals surface area contributed by atoms with E-state index in [2.05, 4.69) is 11.9 Å². The van der Waals surface area contributed by atoms with Crippen molar-refractivity contribution in [2.75, 3.05) is 13.1 Å². The molecule has 116 valence electrons. The van der Waals surface area contributed by atoms with Crippen molar-refractivity contribution in [3.05, 3.63) is 29.0 Å². The molecule has 4 nitrogen and oxygen atoms in total. The van der Waals surface area contributed by atoms with Gasteiger partial charge in [0.25, 0.3) is 0 Å². The lowest BCUT2D eigenvalue weighted by Gasteiger charge is -2.37. The maximum atomic E-state index is 12.1. The van der Waals surface area contributed by atoms with Crippen molar-refractivity contribution in [1.82, 2.24) is 9.88 Å². The minimum absolute atomic E-state index is 0.225. The predicted molar refractivity (Wildman–Crippen MR) is 83.6 cm³/mol. The maximum absolute atomic E-state index is 12.1. The van der Waals surface area contributed by atoms with Gasteiger partial charge in [-0.05, 0) is 50.7 Å². The molecule has 0 aliphatic carbocycles. The first kappa shape index (κ1) is 16.1. The average molecular weight is 311 g/mol. The fraction of sp³-hybridized carbons (Fsp3) is 0.625. The summed E-state index contributed by atoms with van der Waals surface area (Å²) in [5.41, 5.74) is 0.701. The lowest BCUT2D eigenvalue weighted by atomic mass is 9.82. The summed E-state index contributed by atoms with van der Waals surface area (Å²) < 4.78 is 5.44. The van der Waals surface area contributed by atoms with Crippen LogP contribution < -0.4 is 0 Å². The summed E-state index contributed by atoms with van der Waals surface area (Å²) in [6, 6.07) is 1.97. The van der Waals surface area contributed by atoms with E-state index in [0.717, 1.165) is 12.0 Å².